The lowest BCUT2D eigenvalue weighted by Crippen LogP contribution is -2.17. The van der Waals surface area contributed by atoms with Crippen LogP contribution in [-0.4, -0.2) is 18.3 Å². The van der Waals surface area contributed by atoms with E-state index in [1.165, 1.54) is 11.1 Å². The molecule has 0 aliphatic heterocycles. The van der Waals surface area contributed by atoms with Crippen molar-refractivity contribution >= 4 is 0 Å². The molecule has 0 spiro atoms. The van der Waals surface area contributed by atoms with E-state index in [9.17, 15) is 5.11 Å². The maximum atomic E-state index is 9.54. The summed E-state index contributed by atoms with van der Waals surface area (Å²) in [5, 5.41) is 9.54. The highest BCUT2D eigenvalue weighted by Gasteiger charge is 2.21. The van der Waals surface area contributed by atoms with E-state index in [1.54, 1.807) is 7.11 Å². The van der Waals surface area contributed by atoms with Crippen molar-refractivity contribution in [3.63, 3.8) is 0 Å². The summed E-state index contributed by atoms with van der Waals surface area (Å²) in [6.45, 7) is 2.16. The summed E-state index contributed by atoms with van der Waals surface area (Å²) in [6.07, 6.45) is 5.03. The molecule has 0 atom stereocenters. The van der Waals surface area contributed by atoms with E-state index in [2.05, 4.69) is 25.1 Å². The van der Waals surface area contributed by atoms with Gasteiger partial charge in [0.15, 0.2) is 0 Å². The lowest BCUT2D eigenvalue weighted by molar-refractivity contribution is 0.122. The van der Waals surface area contributed by atoms with E-state index < -0.39 is 0 Å². The van der Waals surface area contributed by atoms with Crippen LogP contribution in [0.2, 0.25) is 0 Å². The van der Waals surface area contributed by atoms with Gasteiger partial charge in [0.25, 0.3) is 0 Å². The quantitative estimate of drug-likeness (QED) is 0.869. The molecule has 1 aromatic rings. The smallest absolute Gasteiger partial charge is 0.122 e. The van der Waals surface area contributed by atoms with Gasteiger partial charge in [0.1, 0.15) is 5.75 Å². The Kier molecular flexibility index (Phi) is 4.06. The van der Waals surface area contributed by atoms with Crippen LogP contribution in [-0.2, 0) is 6.42 Å². The third kappa shape index (κ3) is 2.81. The summed E-state index contributed by atoms with van der Waals surface area (Å²) in [5.41, 5.74) is 2.70. The second-order valence-electron chi connectivity index (χ2n) is 4.93. The van der Waals surface area contributed by atoms with E-state index >= 15 is 0 Å². The van der Waals surface area contributed by atoms with E-state index in [1.807, 2.05) is 0 Å². The van der Waals surface area contributed by atoms with Crippen LogP contribution in [0.15, 0.2) is 18.2 Å². The van der Waals surface area contributed by atoms with Gasteiger partial charge in [-0.2, -0.15) is 0 Å². The fraction of sp³-hybridized carbons (Fsp3) is 0.600. The zero-order valence-electron chi connectivity index (χ0n) is 10.8. The van der Waals surface area contributed by atoms with Crippen molar-refractivity contribution in [3.05, 3.63) is 29.3 Å². The minimum Gasteiger partial charge on any atom is -0.496 e. The van der Waals surface area contributed by atoms with Crippen molar-refractivity contribution in [3.8, 4) is 5.75 Å². The maximum Gasteiger partial charge on any atom is 0.122 e. The van der Waals surface area contributed by atoms with Crippen LogP contribution in [0.3, 0.4) is 0 Å². The van der Waals surface area contributed by atoms with Gasteiger partial charge in [-0.05, 0) is 55.2 Å². The summed E-state index contributed by atoms with van der Waals surface area (Å²) >= 11 is 0. The topological polar surface area (TPSA) is 29.5 Å². The Labute approximate surface area is 104 Å². The average molecular weight is 234 g/mol. The molecule has 1 aromatic carbocycles. The van der Waals surface area contributed by atoms with Crippen molar-refractivity contribution in [1.82, 2.24) is 0 Å². The van der Waals surface area contributed by atoms with Gasteiger partial charge in [0.05, 0.1) is 13.2 Å². The molecule has 2 nitrogen and oxygen atoms in total. The summed E-state index contributed by atoms with van der Waals surface area (Å²) in [5.74, 6) is 1.61. The van der Waals surface area contributed by atoms with Gasteiger partial charge < -0.3 is 9.84 Å². The first-order valence-corrected chi connectivity index (χ1v) is 6.59. The molecule has 0 saturated heterocycles. The van der Waals surface area contributed by atoms with E-state index in [-0.39, 0.29) is 6.10 Å². The molecule has 0 heterocycles. The first-order valence-electron chi connectivity index (χ1n) is 6.59. The Bertz CT molecular complexity index is 365. The normalized spacial score (nSPS) is 24.6. The van der Waals surface area contributed by atoms with Crippen LogP contribution in [0.4, 0.5) is 0 Å². The van der Waals surface area contributed by atoms with Crippen molar-refractivity contribution in [2.75, 3.05) is 7.11 Å². The van der Waals surface area contributed by atoms with Gasteiger partial charge in [-0.15, -0.1) is 0 Å². The minimum absolute atomic E-state index is 0.0739. The van der Waals surface area contributed by atoms with Crippen LogP contribution < -0.4 is 4.74 Å². The van der Waals surface area contributed by atoms with Crippen LogP contribution >= 0.6 is 0 Å². The van der Waals surface area contributed by atoms with Crippen molar-refractivity contribution < 1.29 is 9.84 Å². The van der Waals surface area contributed by atoms with Crippen molar-refractivity contribution in [2.45, 2.75) is 51.0 Å². The Morgan fingerprint density at radius 2 is 1.94 bits per heavy atom. The number of ether oxygens (including phenoxy) is 1. The van der Waals surface area contributed by atoms with E-state index in [0.717, 1.165) is 37.9 Å². The van der Waals surface area contributed by atoms with Gasteiger partial charge >= 0.3 is 0 Å². The molecule has 2 rings (SSSR count). The molecular weight excluding hydrogens is 212 g/mol. The molecule has 2 heteroatoms. The number of aryl methyl sites for hydroxylation is 1. The molecule has 94 valence electrons. The highest BCUT2D eigenvalue weighted by molar-refractivity contribution is 5.38. The second kappa shape index (κ2) is 5.54. The molecule has 1 aliphatic rings. The second-order valence-corrected chi connectivity index (χ2v) is 4.93. The summed E-state index contributed by atoms with van der Waals surface area (Å²) < 4.78 is 5.36. The molecule has 0 amide bonds. The number of benzene rings is 1. The first kappa shape index (κ1) is 12.4. The summed E-state index contributed by atoms with van der Waals surface area (Å²) in [7, 11) is 1.73. The highest BCUT2D eigenvalue weighted by atomic mass is 16.5. The van der Waals surface area contributed by atoms with Crippen molar-refractivity contribution in [1.29, 1.82) is 0 Å². The first-order chi connectivity index (χ1) is 8.24. The fourth-order valence-electron chi connectivity index (χ4n) is 2.74. The van der Waals surface area contributed by atoms with Crippen LogP contribution in [0.25, 0.3) is 0 Å². The third-order valence-corrected chi connectivity index (χ3v) is 3.85. The zero-order chi connectivity index (χ0) is 12.3. The van der Waals surface area contributed by atoms with Gasteiger partial charge in [0, 0.05) is 0 Å². The van der Waals surface area contributed by atoms with Crippen LogP contribution in [0.1, 0.15) is 49.7 Å². The standard InChI is InChI=1S/C15H22O2/c1-3-11-10-13(6-9-15(11)17-2)12-4-7-14(16)8-5-12/h6,9-10,12,14,16H,3-5,7-8H2,1-2H3. The maximum absolute atomic E-state index is 9.54. The molecule has 0 aromatic heterocycles. The lowest BCUT2D eigenvalue weighted by atomic mass is 9.82. The Balaban J connectivity index is 2.16. The number of methoxy groups -OCH3 is 1. The van der Waals surface area contributed by atoms with Crippen LogP contribution in [0, 0.1) is 0 Å². The molecular formula is C15H22O2. The number of hydrogen-bond acceptors (Lipinski definition) is 2. The summed E-state index contributed by atoms with van der Waals surface area (Å²) in [4.78, 5) is 0. The van der Waals surface area contributed by atoms with Crippen LogP contribution in [0.5, 0.6) is 5.75 Å². The Morgan fingerprint density at radius 3 is 2.53 bits per heavy atom. The molecule has 0 bridgehead atoms. The number of rotatable bonds is 3. The molecule has 0 unspecified atom stereocenters. The van der Waals surface area contributed by atoms with Gasteiger partial charge in [-0.25, -0.2) is 0 Å². The van der Waals surface area contributed by atoms with E-state index in [4.69, 9.17) is 4.74 Å². The predicted octanol–water partition coefficient (Wildman–Crippen LogP) is 3.28. The molecule has 17 heavy (non-hydrogen) atoms. The minimum atomic E-state index is -0.0739. The van der Waals surface area contributed by atoms with E-state index in [0.29, 0.717) is 5.92 Å². The number of hydrogen-bond donors (Lipinski definition) is 1. The van der Waals surface area contributed by atoms with Gasteiger partial charge in [-0.3, -0.25) is 0 Å². The SMILES string of the molecule is CCc1cc(C2CCC(O)CC2)ccc1OC. The van der Waals surface area contributed by atoms with Gasteiger partial charge in [-0.1, -0.05) is 19.1 Å². The Hall–Kier alpha value is -1.02. The largest absolute Gasteiger partial charge is 0.496 e. The van der Waals surface area contributed by atoms with Crippen molar-refractivity contribution in [2.24, 2.45) is 0 Å². The van der Waals surface area contributed by atoms with Gasteiger partial charge in [0.2, 0.25) is 0 Å². The monoisotopic (exact) mass is 234 g/mol. The molecule has 1 aliphatic carbocycles. The third-order valence-electron chi connectivity index (χ3n) is 3.85. The molecule has 0 radical (unpaired) electrons. The highest BCUT2D eigenvalue weighted by Crippen LogP contribution is 2.34. The number of aliphatic hydroxyl groups is 1. The zero-order valence-corrected chi connectivity index (χ0v) is 10.8. The molecule has 1 saturated carbocycles. The predicted molar refractivity (Wildman–Crippen MR) is 69.6 cm³/mol. The fourth-order valence-corrected chi connectivity index (χ4v) is 2.74. The average Bonchev–Trinajstić information content (AvgIpc) is 2.39. The molecule has 1 fully saturated rings. The molecule has 1 N–H and O–H groups in total. The Morgan fingerprint density at radius 1 is 1.24 bits per heavy atom. The number of aliphatic hydroxyl groups excluding tert-OH is 1. The lowest BCUT2D eigenvalue weighted by Gasteiger charge is -2.26. The summed E-state index contributed by atoms with van der Waals surface area (Å²) in [6, 6.07) is 6.54.